The number of halogens is 2. The number of hydrogen-bond donors (Lipinski definition) is 2. The number of amides is 2. The molecule has 106 valence electrons. The van der Waals surface area contributed by atoms with Gasteiger partial charge in [0.25, 0.3) is 0 Å². The van der Waals surface area contributed by atoms with Crippen molar-refractivity contribution in [1.82, 2.24) is 10.6 Å². The molecule has 1 aliphatic heterocycles. The second-order valence-electron chi connectivity index (χ2n) is 5.29. The Bertz CT molecular complexity index is 578. The third-order valence-corrected chi connectivity index (χ3v) is 4.44. The molecule has 0 bridgehead atoms. The molecule has 0 radical (unpaired) electrons. The van der Waals surface area contributed by atoms with Gasteiger partial charge in [0, 0.05) is 18.4 Å². The van der Waals surface area contributed by atoms with E-state index in [4.69, 9.17) is 0 Å². The summed E-state index contributed by atoms with van der Waals surface area (Å²) >= 11 is 3.12. The minimum absolute atomic E-state index is 0.0422. The van der Waals surface area contributed by atoms with Gasteiger partial charge in [-0.25, -0.2) is 4.39 Å². The van der Waals surface area contributed by atoms with Crippen molar-refractivity contribution in [1.29, 1.82) is 0 Å². The molecule has 6 heteroatoms. The Morgan fingerprint density at radius 2 is 2.25 bits per heavy atom. The largest absolute Gasteiger partial charge is 0.351 e. The Balaban J connectivity index is 1.57. The quantitative estimate of drug-likeness (QED) is 0.882. The van der Waals surface area contributed by atoms with Gasteiger partial charge in [0.05, 0.1) is 4.47 Å². The van der Waals surface area contributed by atoms with Crippen LogP contribution in [0.15, 0.2) is 22.7 Å². The molecular weight excluding hydrogens is 327 g/mol. The van der Waals surface area contributed by atoms with E-state index in [0.29, 0.717) is 17.3 Å². The van der Waals surface area contributed by atoms with Crippen molar-refractivity contribution in [2.45, 2.75) is 37.3 Å². The summed E-state index contributed by atoms with van der Waals surface area (Å²) in [6, 6.07) is 4.67. The first-order valence-corrected chi connectivity index (χ1v) is 7.38. The zero-order chi connectivity index (χ0) is 14.3. The van der Waals surface area contributed by atoms with E-state index in [-0.39, 0.29) is 29.6 Å². The molecule has 1 aromatic rings. The summed E-state index contributed by atoms with van der Waals surface area (Å²) < 4.78 is 13.9. The lowest BCUT2D eigenvalue weighted by molar-refractivity contribution is -0.125. The number of benzene rings is 1. The maximum atomic E-state index is 13.5. The Hall–Kier alpha value is -1.43. The lowest BCUT2D eigenvalue weighted by Gasteiger charge is -2.10. The topological polar surface area (TPSA) is 58.2 Å². The van der Waals surface area contributed by atoms with Crippen LogP contribution in [0.5, 0.6) is 0 Å². The Morgan fingerprint density at radius 1 is 1.45 bits per heavy atom. The van der Waals surface area contributed by atoms with E-state index in [9.17, 15) is 14.0 Å². The standard InChI is InChI=1S/C14H14BrFN2O2/c15-9-2-1-7(5-10(9)16)8-6-12(8)18-14(20)11-3-4-13(19)17-11/h1-2,5,8,11-12H,3-4,6H2,(H,17,19)(H,18,20)/t8-,11+,12+/m0/s1. The maximum Gasteiger partial charge on any atom is 0.242 e. The average Bonchev–Trinajstić information content (AvgIpc) is 3.03. The summed E-state index contributed by atoms with van der Waals surface area (Å²) in [7, 11) is 0. The normalized spacial score (nSPS) is 28.1. The first-order valence-electron chi connectivity index (χ1n) is 6.59. The number of carbonyl (C=O) groups excluding carboxylic acids is 2. The molecule has 3 rings (SSSR count). The first kappa shape index (κ1) is 13.5. The van der Waals surface area contributed by atoms with E-state index in [1.807, 2.05) is 6.07 Å². The minimum atomic E-state index is -0.412. The van der Waals surface area contributed by atoms with Crippen LogP contribution in [-0.2, 0) is 9.59 Å². The predicted molar refractivity (Wildman–Crippen MR) is 74.6 cm³/mol. The van der Waals surface area contributed by atoms with Crippen LogP contribution in [0.2, 0.25) is 0 Å². The summed E-state index contributed by atoms with van der Waals surface area (Å²) in [4.78, 5) is 23.0. The molecule has 3 atom stereocenters. The number of hydrogen-bond acceptors (Lipinski definition) is 2. The molecule has 2 amide bonds. The third-order valence-electron chi connectivity index (χ3n) is 3.80. The van der Waals surface area contributed by atoms with E-state index in [1.165, 1.54) is 6.07 Å². The molecule has 2 N–H and O–H groups in total. The van der Waals surface area contributed by atoms with Crippen molar-refractivity contribution < 1.29 is 14.0 Å². The molecule has 2 aliphatic rings. The SMILES string of the molecule is O=C1CC[C@H](C(=O)N[C@@H]2C[C@H]2c2ccc(Br)c(F)c2)N1. The number of carbonyl (C=O) groups is 2. The smallest absolute Gasteiger partial charge is 0.242 e. The molecule has 0 spiro atoms. The minimum Gasteiger partial charge on any atom is -0.351 e. The van der Waals surface area contributed by atoms with E-state index in [0.717, 1.165) is 12.0 Å². The highest BCUT2D eigenvalue weighted by Gasteiger charge is 2.41. The van der Waals surface area contributed by atoms with Crippen molar-refractivity contribution in [3.8, 4) is 0 Å². The Kier molecular flexibility index (Phi) is 3.50. The molecule has 1 aromatic carbocycles. The zero-order valence-corrected chi connectivity index (χ0v) is 12.2. The van der Waals surface area contributed by atoms with Gasteiger partial charge < -0.3 is 10.6 Å². The van der Waals surface area contributed by atoms with Crippen molar-refractivity contribution in [2.75, 3.05) is 0 Å². The lowest BCUT2D eigenvalue weighted by Crippen LogP contribution is -2.42. The Labute approximate surface area is 124 Å². The molecule has 20 heavy (non-hydrogen) atoms. The monoisotopic (exact) mass is 340 g/mol. The van der Waals surface area contributed by atoms with Gasteiger partial charge in [0.1, 0.15) is 11.9 Å². The fraction of sp³-hybridized carbons (Fsp3) is 0.429. The maximum absolute atomic E-state index is 13.5. The summed E-state index contributed by atoms with van der Waals surface area (Å²) in [5.74, 6) is -0.338. The van der Waals surface area contributed by atoms with Gasteiger partial charge >= 0.3 is 0 Å². The predicted octanol–water partition coefficient (Wildman–Crippen LogP) is 1.84. The zero-order valence-electron chi connectivity index (χ0n) is 10.7. The van der Waals surface area contributed by atoms with E-state index >= 15 is 0 Å². The van der Waals surface area contributed by atoms with Crippen molar-refractivity contribution in [2.24, 2.45) is 0 Å². The molecular formula is C14H14BrFN2O2. The fourth-order valence-electron chi connectivity index (χ4n) is 2.56. The molecule has 4 nitrogen and oxygen atoms in total. The van der Waals surface area contributed by atoms with Crippen LogP contribution in [0.3, 0.4) is 0 Å². The van der Waals surface area contributed by atoms with Gasteiger partial charge in [-0.15, -0.1) is 0 Å². The van der Waals surface area contributed by atoms with Gasteiger partial charge in [0.2, 0.25) is 11.8 Å². The van der Waals surface area contributed by atoms with Crippen LogP contribution in [0.1, 0.15) is 30.7 Å². The summed E-state index contributed by atoms with van der Waals surface area (Å²) in [6.07, 6.45) is 1.77. The van der Waals surface area contributed by atoms with Crippen molar-refractivity contribution >= 4 is 27.7 Å². The van der Waals surface area contributed by atoms with Gasteiger partial charge in [-0.2, -0.15) is 0 Å². The molecule has 1 heterocycles. The summed E-state index contributed by atoms with van der Waals surface area (Å²) in [5, 5.41) is 5.55. The highest BCUT2D eigenvalue weighted by molar-refractivity contribution is 9.10. The lowest BCUT2D eigenvalue weighted by atomic mass is 10.1. The Morgan fingerprint density at radius 3 is 2.90 bits per heavy atom. The second kappa shape index (κ2) is 5.16. The number of nitrogens with one attached hydrogen (secondary N) is 2. The van der Waals surface area contributed by atoms with Crippen LogP contribution >= 0.6 is 15.9 Å². The number of rotatable bonds is 3. The molecule has 0 aromatic heterocycles. The molecule has 2 fully saturated rings. The van der Waals surface area contributed by atoms with Crippen LogP contribution in [0.4, 0.5) is 4.39 Å². The highest BCUT2D eigenvalue weighted by atomic mass is 79.9. The van der Waals surface area contributed by atoms with Gasteiger partial charge in [-0.1, -0.05) is 6.07 Å². The molecule has 1 saturated heterocycles. The first-order chi connectivity index (χ1) is 9.54. The summed E-state index contributed by atoms with van der Waals surface area (Å²) in [5.41, 5.74) is 0.895. The molecule has 1 saturated carbocycles. The van der Waals surface area contributed by atoms with Crippen LogP contribution < -0.4 is 10.6 Å². The van der Waals surface area contributed by atoms with E-state index in [1.54, 1.807) is 6.07 Å². The third kappa shape index (κ3) is 2.70. The van der Waals surface area contributed by atoms with Crippen molar-refractivity contribution in [3.63, 3.8) is 0 Å². The second-order valence-corrected chi connectivity index (χ2v) is 6.14. The fourth-order valence-corrected chi connectivity index (χ4v) is 2.81. The van der Waals surface area contributed by atoms with Gasteiger partial charge in [-0.05, 0) is 46.5 Å². The van der Waals surface area contributed by atoms with Gasteiger partial charge in [0.15, 0.2) is 0 Å². The highest BCUT2D eigenvalue weighted by Crippen LogP contribution is 2.41. The molecule has 0 unspecified atom stereocenters. The summed E-state index contributed by atoms with van der Waals surface area (Å²) in [6.45, 7) is 0. The van der Waals surface area contributed by atoms with Crippen LogP contribution in [-0.4, -0.2) is 23.9 Å². The van der Waals surface area contributed by atoms with Gasteiger partial charge in [-0.3, -0.25) is 9.59 Å². The average molecular weight is 341 g/mol. The van der Waals surface area contributed by atoms with Crippen LogP contribution in [0, 0.1) is 5.82 Å². The van der Waals surface area contributed by atoms with Crippen molar-refractivity contribution in [3.05, 3.63) is 34.1 Å². The molecule has 1 aliphatic carbocycles. The van der Waals surface area contributed by atoms with E-state index in [2.05, 4.69) is 26.6 Å². The van der Waals surface area contributed by atoms with E-state index < -0.39 is 6.04 Å². The van der Waals surface area contributed by atoms with Crippen LogP contribution in [0.25, 0.3) is 0 Å².